The third-order valence-corrected chi connectivity index (χ3v) is 24.2. The van der Waals surface area contributed by atoms with Gasteiger partial charge in [-0.2, -0.15) is 0 Å². The molecule has 0 aliphatic heterocycles. The van der Waals surface area contributed by atoms with E-state index in [1.807, 2.05) is 18.4 Å². The van der Waals surface area contributed by atoms with E-state index >= 15 is 0 Å². The summed E-state index contributed by atoms with van der Waals surface area (Å²) in [5.41, 5.74) is 27.1. The van der Waals surface area contributed by atoms with Crippen LogP contribution in [0, 0.1) is 5.92 Å². The second-order valence-corrected chi connectivity index (χ2v) is 30.7. The lowest BCUT2D eigenvalue weighted by atomic mass is 9.96. The molecule has 7 heteroatoms. The standard InChI is InChI=1S/C38H25N3.C37H32N2.C33H26N2/c1-2-39-32-15-7-3-13-29(32)30-23-24-36-37(38(30)39)31-14-6-10-18-35(31)41(36)26-21-19-25(20-22-26)40-33-16-8-4-11-27(33)28-12-5-9-17-34(28)40;1-3-5-11-27-12-10-13-29(24-27)39-33-17-9-7-15-31(33)37-35(39)23-22-34-36(37)30-14-6-8-16-32(30)38(34)25-28-20-18-26(4-2)19-21-28;1-2-23-16-18-24(19-17-23)22-34-30-14-8-6-12-26(30)28-20-29-27-13-7-9-15-31(27)35(33(29)21-32(28)34)25-10-4-3-5-11-25/h2-24H,1H2;4,6-10,12-24H,2-3,5,11,25H2,1H3;2-18,20-21,24H,1,19,22H2. The third-order valence-electron chi connectivity index (χ3n) is 24.2. The van der Waals surface area contributed by atoms with Crippen molar-refractivity contribution in [3.63, 3.8) is 0 Å². The van der Waals surface area contributed by atoms with Crippen LogP contribution in [-0.4, -0.2) is 32.0 Å². The maximum atomic E-state index is 4.19. The van der Waals surface area contributed by atoms with Crippen molar-refractivity contribution >= 4 is 165 Å². The Morgan fingerprint density at radius 1 is 0.322 bits per heavy atom. The summed E-state index contributed by atoms with van der Waals surface area (Å²) in [7, 11) is 0. The van der Waals surface area contributed by atoms with Crippen molar-refractivity contribution in [3.05, 3.63) is 400 Å². The molecule has 1 atom stereocenters. The Labute approximate surface area is 666 Å². The first-order chi connectivity index (χ1) is 56.9. The fourth-order valence-electron chi connectivity index (χ4n) is 18.9. The summed E-state index contributed by atoms with van der Waals surface area (Å²) in [6, 6.07) is 122. The highest BCUT2D eigenvalue weighted by atomic mass is 15.0. The van der Waals surface area contributed by atoms with E-state index in [-0.39, 0.29) is 0 Å². The van der Waals surface area contributed by atoms with E-state index in [0.717, 1.165) is 42.9 Å². The van der Waals surface area contributed by atoms with E-state index in [1.165, 1.54) is 194 Å². The molecule has 0 amide bonds. The first kappa shape index (κ1) is 68.6. The summed E-state index contributed by atoms with van der Waals surface area (Å²) >= 11 is 0. The maximum Gasteiger partial charge on any atom is 0.0635 e. The van der Waals surface area contributed by atoms with Crippen LogP contribution in [0.15, 0.2) is 383 Å². The molecule has 0 bridgehead atoms. The molecule has 0 radical (unpaired) electrons. The fourth-order valence-corrected chi connectivity index (χ4v) is 18.9. The number of unbranched alkanes of at least 4 members (excludes halogenated alkanes) is 1. The topological polar surface area (TPSA) is 34.5 Å². The number of aromatic nitrogens is 7. The van der Waals surface area contributed by atoms with E-state index in [0.29, 0.717) is 5.92 Å². The number of benzene rings is 15. The molecular weight excluding hydrogens is 1400 g/mol. The van der Waals surface area contributed by atoms with Crippen LogP contribution >= 0.6 is 0 Å². The van der Waals surface area contributed by atoms with Gasteiger partial charge in [0.05, 0.1) is 66.2 Å². The van der Waals surface area contributed by atoms with Crippen LogP contribution in [0.1, 0.15) is 42.9 Å². The second-order valence-electron chi connectivity index (χ2n) is 30.7. The molecule has 550 valence electrons. The summed E-state index contributed by atoms with van der Waals surface area (Å²) in [4.78, 5) is 0. The van der Waals surface area contributed by atoms with Crippen LogP contribution in [0.4, 0.5) is 0 Å². The number of rotatable bonds is 14. The average Bonchev–Trinajstić information content (AvgIpc) is 1.56. The first-order valence-corrected chi connectivity index (χ1v) is 40.3. The zero-order valence-electron chi connectivity index (χ0n) is 64.3. The summed E-state index contributed by atoms with van der Waals surface area (Å²) in [6.45, 7) is 16.1. The lowest BCUT2D eigenvalue weighted by molar-refractivity contribution is 0.553. The van der Waals surface area contributed by atoms with Crippen LogP contribution in [0.3, 0.4) is 0 Å². The van der Waals surface area contributed by atoms with E-state index in [4.69, 9.17) is 0 Å². The fraction of sp³-hybridized carbons (Fsp3) is 0.0741. The quantitative estimate of drug-likeness (QED) is 0.104. The number of nitrogens with zero attached hydrogens (tertiary/aromatic N) is 7. The Hall–Kier alpha value is -14.4. The average molecular weight is 1480 g/mol. The molecule has 115 heavy (non-hydrogen) atoms. The molecule has 1 aliphatic carbocycles. The molecule has 1 unspecified atom stereocenters. The Balaban J connectivity index is 0.000000108. The second kappa shape index (κ2) is 28.4. The first-order valence-electron chi connectivity index (χ1n) is 40.3. The van der Waals surface area contributed by atoms with Crippen molar-refractivity contribution in [3.8, 4) is 22.7 Å². The van der Waals surface area contributed by atoms with Crippen LogP contribution in [0.25, 0.3) is 188 Å². The van der Waals surface area contributed by atoms with Gasteiger partial charge in [0.15, 0.2) is 0 Å². The Morgan fingerprint density at radius 2 is 0.774 bits per heavy atom. The smallest absolute Gasteiger partial charge is 0.0635 e. The largest absolute Gasteiger partial charge is 0.340 e. The summed E-state index contributed by atoms with van der Waals surface area (Å²) < 4.78 is 16.9. The molecule has 7 nitrogen and oxygen atoms in total. The van der Waals surface area contributed by atoms with Crippen molar-refractivity contribution in [2.24, 2.45) is 5.92 Å². The van der Waals surface area contributed by atoms with Crippen molar-refractivity contribution in [1.29, 1.82) is 0 Å². The molecular formula is C108H83N7. The van der Waals surface area contributed by atoms with E-state index < -0.39 is 0 Å². The highest BCUT2D eigenvalue weighted by Crippen LogP contribution is 2.46. The van der Waals surface area contributed by atoms with Gasteiger partial charge in [0, 0.05) is 128 Å². The zero-order chi connectivity index (χ0) is 76.8. The summed E-state index contributed by atoms with van der Waals surface area (Å²) in [5.74, 6) is 0.466. The van der Waals surface area contributed by atoms with Gasteiger partial charge >= 0.3 is 0 Å². The summed E-state index contributed by atoms with van der Waals surface area (Å²) in [5, 5.41) is 18.1. The number of aryl methyl sites for hydroxylation is 1. The monoisotopic (exact) mass is 1480 g/mol. The predicted octanol–water partition coefficient (Wildman–Crippen LogP) is 28.6. The SMILES string of the molecule is C=CC1=CCC(Cn2c3ccccc3c3cc4c5ccccc5n(-c5ccccc5)c4cc32)C=C1.C=Cc1ccc(Cn2c3ccccc3c3c4c5ccccc5n(-c5cccc(CCCC)c5)c4ccc32)cc1.C=Cn1c2ccccc2c2ccc3c(c4ccccc4n3-c3ccc(-n4c5ccccc5c5ccccc54)cc3)c21. The molecule has 0 spiro atoms. The number of allylic oxidation sites excluding steroid dienone is 5. The molecule has 7 heterocycles. The normalized spacial score (nSPS) is 13.1. The Morgan fingerprint density at radius 3 is 1.37 bits per heavy atom. The third kappa shape index (κ3) is 11.3. The Bertz CT molecular complexity index is 7670. The van der Waals surface area contributed by atoms with E-state index in [1.54, 1.807) is 0 Å². The minimum Gasteiger partial charge on any atom is -0.340 e. The van der Waals surface area contributed by atoms with E-state index in [9.17, 15) is 0 Å². The van der Waals surface area contributed by atoms with Gasteiger partial charge in [0.1, 0.15) is 0 Å². The van der Waals surface area contributed by atoms with Crippen LogP contribution < -0.4 is 0 Å². The molecule has 22 aromatic rings. The van der Waals surface area contributed by atoms with Crippen molar-refractivity contribution in [2.75, 3.05) is 0 Å². The van der Waals surface area contributed by atoms with Gasteiger partial charge in [0.25, 0.3) is 0 Å². The molecule has 1 aliphatic rings. The summed E-state index contributed by atoms with van der Waals surface area (Å²) in [6.07, 6.45) is 17.2. The lowest BCUT2D eigenvalue weighted by Crippen LogP contribution is -2.10. The molecule has 0 fully saturated rings. The van der Waals surface area contributed by atoms with Gasteiger partial charge in [-0.25, -0.2) is 0 Å². The van der Waals surface area contributed by atoms with Gasteiger partial charge in [-0.15, -0.1) is 0 Å². The lowest BCUT2D eigenvalue weighted by Gasteiger charge is -2.18. The van der Waals surface area contributed by atoms with Crippen LogP contribution in [0.5, 0.6) is 0 Å². The van der Waals surface area contributed by atoms with Crippen molar-refractivity contribution in [2.45, 2.75) is 45.7 Å². The van der Waals surface area contributed by atoms with Crippen molar-refractivity contribution in [1.82, 2.24) is 32.0 Å². The number of hydrogen-bond acceptors (Lipinski definition) is 0. The zero-order valence-corrected chi connectivity index (χ0v) is 64.3. The minimum absolute atomic E-state index is 0.466. The maximum absolute atomic E-state index is 4.19. The van der Waals surface area contributed by atoms with Gasteiger partial charge < -0.3 is 32.0 Å². The molecule has 0 saturated heterocycles. The minimum atomic E-state index is 0.466. The number of fused-ring (bicyclic) bond motifs is 23. The number of hydrogen-bond donors (Lipinski definition) is 0. The Kier molecular flexibility index (Phi) is 17.0. The molecule has 7 aromatic heterocycles. The van der Waals surface area contributed by atoms with E-state index in [2.05, 4.69) is 411 Å². The molecule has 0 N–H and O–H groups in total. The predicted molar refractivity (Wildman–Crippen MR) is 492 cm³/mol. The molecule has 23 rings (SSSR count). The van der Waals surface area contributed by atoms with Crippen LogP contribution in [-0.2, 0) is 19.5 Å². The van der Waals surface area contributed by atoms with Crippen LogP contribution in [0.2, 0.25) is 0 Å². The van der Waals surface area contributed by atoms with Crippen molar-refractivity contribution < 1.29 is 0 Å². The highest BCUT2D eigenvalue weighted by Gasteiger charge is 2.25. The van der Waals surface area contributed by atoms with Gasteiger partial charge in [-0.3, -0.25) is 0 Å². The number of para-hydroxylation sites is 9. The van der Waals surface area contributed by atoms with Gasteiger partial charge in [-0.05, 0) is 175 Å². The molecule has 0 saturated carbocycles. The molecule has 15 aromatic carbocycles. The van der Waals surface area contributed by atoms with Gasteiger partial charge in [-0.1, -0.05) is 270 Å². The van der Waals surface area contributed by atoms with Gasteiger partial charge in [0.2, 0.25) is 0 Å². The highest BCUT2D eigenvalue weighted by molar-refractivity contribution is 6.29.